The van der Waals surface area contributed by atoms with Crippen LogP contribution in [0.25, 0.3) is 0 Å². The fraction of sp³-hybridized carbons (Fsp3) is 0.100. The number of para-hydroxylation sites is 1. The maximum absolute atomic E-state index is 12.4. The van der Waals surface area contributed by atoms with Crippen molar-refractivity contribution in [3.05, 3.63) is 77.6 Å². The molecule has 0 aliphatic heterocycles. The van der Waals surface area contributed by atoms with E-state index in [0.717, 1.165) is 11.3 Å². The number of nitrogens with one attached hydrogen (secondary N) is 2. The van der Waals surface area contributed by atoms with Gasteiger partial charge in [-0.2, -0.15) is 0 Å². The lowest BCUT2D eigenvalue weighted by Crippen LogP contribution is -2.15. The van der Waals surface area contributed by atoms with E-state index in [-0.39, 0.29) is 11.6 Å². The monoisotopic (exact) mass is 362 g/mol. The van der Waals surface area contributed by atoms with Crippen LogP contribution >= 0.6 is 0 Å². The van der Waals surface area contributed by atoms with E-state index in [9.17, 15) is 9.59 Å². The van der Waals surface area contributed by atoms with E-state index in [2.05, 4.69) is 25.3 Å². The van der Waals surface area contributed by atoms with E-state index >= 15 is 0 Å². The molecule has 0 saturated heterocycles. The third-order valence-electron chi connectivity index (χ3n) is 3.84. The molecule has 2 N–H and O–H groups in total. The van der Waals surface area contributed by atoms with Crippen molar-refractivity contribution in [3.8, 4) is 0 Å². The minimum Gasteiger partial charge on any atom is -0.465 e. The van der Waals surface area contributed by atoms with Gasteiger partial charge in [0.25, 0.3) is 5.91 Å². The number of aromatic nitrogens is 2. The molecule has 0 atom stereocenters. The molecule has 0 aliphatic carbocycles. The van der Waals surface area contributed by atoms with Crippen LogP contribution in [0.5, 0.6) is 0 Å². The molecule has 0 spiro atoms. The fourth-order valence-corrected chi connectivity index (χ4v) is 2.38. The van der Waals surface area contributed by atoms with Crippen LogP contribution < -0.4 is 10.6 Å². The van der Waals surface area contributed by atoms with Crippen molar-refractivity contribution >= 4 is 29.2 Å². The number of rotatable bonds is 5. The molecule has 3 rings (SSSR count). The van der Waals surface area contributed by atoms with Gasteiger partial charge >= 0.3 is 5.97 Å². The van der Waals surface area contributed by atoms with Gasteiger partial charge in [-0.25, -0.2) is 14.8 Å². The van der Waals surface area contributed by atoms with Crippen LogP contribution in [0.1, 0.15) is 26.4 Å². The van der Waals surface area contributed by atoms with E-state index in [4.69, 9.17) is 0 Å². The first-order chi connectivity index (χ1) is 13.1. The second-order valence-corrected chi connectivity index (χ2v) is 5.73. The van der Waals surface area contributed by atoms with Crippen molar-refractivity contribution in [2.75, 3.05) is 17.7 Å². The number of aryl methyl sites for hydroxylation is 1. The van der Waals surface area contributed by atoms with E-state index < -0.39 is 5.97 Å². The molecule has 0 aliphatic rings. The van der Waals surface area contributed by atoms with Crippen molar-refractivity contribution < 1.29 is 14.3 Å². The van der Waals surface area contributed by atoms with Gasteiger partial charge in [0.15, 0.2) is 0 Å². The van der Waals surface area contributed by atoms with Crippen molar-refractivity contribution in [2.24, 2.45) is 0 Å². The number of anilines is 3. The molecule has 7 heteroatoms. The van der Waals surface area contributed by atoms with E-state index in [1.54, 1.807) is 24.3 Å². The Labute approximate surface area is 156 Å². The summed E-state index contributed by atoms with van der Waals surface area (Å²) in [5, 5.41) is 5.84. The second kappa shape index (κ2) is 8.09. The summed E-state index contributed by atoms with van der Waals surface area (Å²) in [5.41, 5.74) is 3.08. The normalized spacial score (nSPS) is 10.1. The van der Waals surface area contributed by atoms with Gasteiger partial charge in [-0.3, -0.25) is 4.79 Å². The Morgan fingerprint density at radius 3 is 2.44 bits per heavy atom. The number of carbonyl (C=O) groups is 2. The zero-order valence-electron chi connectivity index (χ0n) is 14.9. The summed E-state index contributed by atoms with van der Waals surface area (Å²) in [6.07, 6.45) is 1.52. The molecule has 1 aromatic heterocycles. The molecular formula is C20H18N4O3. The molecule has 136 valence electrons. The molecule has 0 bridgehead atoms. The van der Waals surface area contributed by atoms with Gasteiger partial charge in [-0.05, 0) is 48.9 Å². The Morgan fingerprint density at radius 2 is 1.74 bits per heavy atom. The van der Waals surface area contributed by atoms with Gasteiger partial charge in [0.1, 0.15) is 5.69 Å². The highest BCUT2D eigenvalue weighted by Crippen LogP contribution is 2.17. The Kier molecular flexibility index (Phi) is 5.41. The molecule has 1 amide bonds. The van der Waals surface area contributed by atoms with Crippen molar-refractivity contribution in [2.45, 2.75) is 6.92 Å². The highest BCUT2D eigenvalue weighted by atomic mass is 16.5. The highest BCUT2D eigenvalue weighted by molar-refractivity contribution is 6.03. The lowest BCUT2D eigenvalue weighted by Gasteiger charge is -2.09. The number of ether oxygens (including phenoxy) is 1. The van der Waals surface area contributed by atoms with E-state index in [1.165, 1.54) is 19.4 Å². The summed E-state index contributed by atoms with van der Waals surface area (Å²) in [7, 11) is 1.32. The molecule has 0 saturated carbocycles. The quantitative estimate of drug-likeness (QED) is 0.674. The largest absolute Gasteiger partial charge is 0.465 e. The van der Waals surface area contributed by atoms with Gasteiger partial charge in [0.05, 0.1) is 12.7 Å². The molecule has 2 aromatic carbocycles. The molecule has 7 nitrogen and oxygen atoms in total. The first kappa shape index (κ1) is 18.1. The molecule has 0 radical (unpaired) electrons. The van der Waals surface area contributed by atoms with Crippen LogP contribution in [0, 0.1) is 6.92 Å². The number of hydrogen-bond donors (Lipinski definition) is 2. The summed E-state index contributed by atoms with van der Waals surface area (Å²) >= 11 is 0. The number of esters is 1. The van der Waals surface area contributed by atoms with Crippen LogP contribution in [-0.2, 0) is 4.74 Å². The van der Waals surface area contributed by atoms with Gasteiger partial charge in [-0.15, -0.1) is 0 Å². The van der Waals surface area contributed by atoms with Crippen LogP contribution in [0.2, 0.25) is 0 Å². The third-order valence-corrected chi connectivity index (χ3v) is 3.84. The van der Waals surface area contributed by atoms with Gasteiger partial charge in [0.2, 0.25) is 5.95 Å². The molecule has 0 unspecified atom stereocenters. The molecular weight excluding hydrogens is 344 g/mol. The van der Waals surface area contributed by atoms with Gasteiger partial charge in [0, 0.05) is 17.6 Å². The Bertz CT molecular complexity index is 971. The average molecular weight is 362 g/mol. The molecule has 1 heterocycles. The number of hydrogen-bond acceptors (Lipinski definition) is 6. The predicted molar refractivity (Wildman–Crippen MR) is 102 cm³/mol. The minimum absolute atomic E-state index is 0.220. The Hall–Kier alpha value is -3.74. The Morgan fingerprint density at radius 1 is 1.00 bits per heavy atom. The highest BCUT2D eigenvalue weighted by Gasteiger charge is 2.11. The summed E-state index contributed by atoms with van der Waals surface area (Å²) in [6, 6.07) is 15.7. The summed E-state index contributed by atoms with van der Waals surface area (Å²) in [4.78, 5) is 32.3. The number of carbonyl (C=O) groups excluding carboxylic acids is 2. The Balaban J connectivity index is 1.72. The zero-order chi connectivity index (χ0) is 19.2. The lowest BCUT2D eigenvalue weighted by atomic mass is 10.2. The first-order valence-corrected chi connectivity index (χ1v) is 8.22. The second-order valence-electron chi connectivity index (χ2n) is 5.73. The number of benzene rings is 2. The predicted octanol–water partition coefficient (Wildman–Crippen LogP) is 3.57. The minimum atomic E-state index is -0.435. The molecule has 27 heavy (non-hydrogen) atoms. The van der Waals surface area contributed by atoms with E-state index in [0.29, 0.717) is 17.2 Å². The molecule has 0 fully saturated rings. The number of methoxy groups -OCH3 is 1. The van der Waals surface area contributed by atoms with Crippen molar-refractivity contribution in [1.29, 1.82) is 0 Å². The summed E-state index contributed by atoms with van der Waals surface area (Å²) < 4.78 is 4.65. The van der Waals surface area contributed by atoms with Crippen LogP contribution in [0.15, 0.2) is 60.8 Å². The van der Waals surface area contributed by atoms with E-state index in [1.807, 2.05) is 31.2 Å². The number of amides is 1. The lowest BCUT2D eigenvalue weighted by molar-refractivity contribution is 0.0600. The maximum atomic E-state index is 12.4. The average Bonchev–Trinajstić information content (AvgIpc) is 2.70. The standard InChI is InChI=1S/C20H18N4O3/c1-13-5-3-4-6-16(13)23-20-21-12-11-17(24-20)18(25)22-15-9-7-14(8-10-15)19(26)27-2/h3-12H,1-2H3,(H,22,25)(H,21,23,24). The van der Waals surface area contributed by atoms with Crippen LogP contribution in [0.3, 0.4) is 0 Å². The first-order valence-electron chi connectivity index (χ1n) is 8.22. The zero-order valence-corrected chi connectivity index (χ0v) is 14.9. The third kappa shape index (κ3) is 4.46. The van der Waals surface area contributed by atoms with Crippen LogP contribution in [0.4, 0.5) is 17.3 Å². The summed E-state index contributed by atoms with van der Waals surface area (Å²) in [5.74, 6) is -0.482. The van der Waals surface area contributed by atoms with Gasteiger partial charge < -0.3 is 15.4 Å². The topological polar surface area (TPSA) is 93.2 Å². The summed E-state index contributed by atoms with van der Waals surface area (Å²) in [6.45, 7) is 1.97. The van der Waals surface area contributed by atoms with Gasteiger partial charge in [-0.1, -0.05) is 18.2 Å². The van der Waals surface area contributed by atoms with Crippen molar-refractivity contribution in [1.82, 2.24) is 9.97 Å². The molecule has 3 aromatic rings. The fourth-order valence-electron chi connectivity index (χ4n) is 2.38. The maximum Gasteiger partial charge on any atom is 0.337 e. The van der Waals surface area contributed by atoms with Crippen LogP contribution in [-0.4, -0.2) is 29.0 Å². The number of nitrogens with zero attached hydrogens (tertiary/aromatic N) is 2. The smallest absolute Gasteiger partial charge is 0.337 e. The SMILES string of the molecule is COC(=O)c1ccc(NC(=O)c2ccnc(Nc3ccccc3C)n2)cc1. The van der Waals surface area contributed by atoms with Crippen molar-refractivity contribution in [3.63, 3.8) is 0 Å².